The van der Waals surface area contributed by atoms with E-state index in [1.807, 2.05) is 13.0 Å². The van der Waals surface area contributed by atoms with Crippen LogP contribution in [0.4, 0.5) is 0 Å². The van der Waals surface area contributed by atoms with Crippen LogP contribution in [0, 0.1) is 0 Å². The number of ether oxygens (including phenoxy) is 2. The highest BCUT2D eigenvalue weighted by Gasteiger charge is 2.14. The molecule has 17 heavy (non-hydrogen) atoms. The second kappa shape index (κ2) is 5.76. The minimum atomic E-state index is 0.630. The van der Waals surface area contributed by atoms with Gasteiger partial charge in [0.25, 0.3) is 0 Å². The van der Waals surface area contributed by atoms with E-state index in [2.05, 4.69) is 24.3 Å². The lowest BCUT2D eigenvalue weighted by Gasteiger charge is -2.19. The lowest BCUT2D eigenvalue weighted by atomic mass is 9.88. The second-order valence-corrected chi connectivity index (χ2v) is 4.32. The Bertz CT molecular complexity index is 396. The summed E-state index contributed by atoms with van der Waals surface area (Å²) in [4.78, 5) is 0. The number of hydrogen-bond acceptors (Lipinski definition) is 2. The zero-order valence-corrected chi connectivity index (χ0v) is 10.6. The molecule has 92 valence electrons. The fourth-order valence-electron chi connectivity index (χ4n) is 2.31. The van der Waals surface area contributed by atoms with Crippen molar-refractivity contribution in [3.05, 3.63) is 35.9 Å². The highest BCUT2D eigenvalue weighted by atomic mass is 16.5. The van der Waals surface area contributed by atoms with Crippen molar-refractivity contribution < 1.29 is 9.47 Å². The largest absolute Gasteiger partial charge is 0.493 e. The molecule has 0 saturated carbocycles. The monoisotopic (exact) mass is 232 g/mol. The van der Waals surface area contributed by atoms with E-state index in [0.29, 0.717) is 12.5 Å². The Kier molecular flexibility index (Phi) is 4.08. The third-order valence-corrected chi connectivity index (χ3v) is 3.23. The maximum Gasteiger partial charge on any atom is 0.161 e. The van der Waals surface area contributed by atoms with Crippen molar-refractivity contribution in [2.75, 3.05) is 13.7 Å². The van der Waals surface area contributed by atoms with Crippen molar-refractivity contribution in [1.82, 2.24) is 0 Å². The molecule has 0 heterocycles. The van der Waals surface area contributed by atoms with Gasteiger partial charge in [-0.1, -0.05) is 18.2 Å². The van der Waals surface area contributed by atoms with E-state index in [1.54, 1.807) is 7.11 Å². The minimum absolute atomic E-state index is 0.630. The maximum absolute atomic E-state index is 5.62. The van der Waals surface area contributed by atoms with E-state index >= 15 is 0 Å². The van der Waals surface area contributed by atoms with Crippen molar-refractivity contribution in [3.8, 4) is 11.5 Å². The van der Waals surface area contributed by atoms with Crippen LogP contribution in [0.25, 0.3) is 0 Å². The molecule has 1 aromatic carbocycles. The second-order valence-electron chi connectivity index (χ2n) is 4.32. The summed E-state index contributed by atoms with van der Waals surface area (Å²) in [5, 5.41) is 0. The molecule has 0 radical (unpaired) electrons. The van der Waals surface area contributed by atoms with Crippen molar-refractivity contribution in [2.45, 2.75) is 32.1 Å². The first-order chi connectivity index (χ1) is 8.35. The number of allylic oxidation sites excluding steroid dienone is 2. The van der Waals surface area contributed by atoms with Crippen LogP contribution in [0.3, 0.4) is 0 Å². The van der Waals surface area contributed by atoms with Gasteiger partial charge >= 0.3 is 0 Å². The molecule has 1 atom stereocenters. The fraction of sp³-hybridized carbons (Fsp3) is 0.467. The molecule has 0 aromatic heterocycles. The summed E-state index contributed by atoms with van der Waals surface area (Å²) in [6.07, 6.45) is 8.09. The first kappa shape index (κ1) is 12.0. The van der Waals surface area contributed by atoms with Crippen molar-refractivity contribution >= 4 is 0 Å². The van der Waals surface area contributed by atoms with Crippen LogP contribution < -0.4 is 9.47 Å². The van der Waals surface area contributed by atoms with Crippen molar-refractivity contribution in [1.29, 1.82) is 0 Å². The summed E-state index contributed by atoms with van der Waals surface area (Å²) >= 11 is 0. The SMILES string of the molecule is CCOc1cc(C2CC=CCC2)ccc1OC. The molecule has 2 rings (SSSR count). The third-order valence-electron chi connectivity index (χ3n) is 3.23. The summed E-state index contributed by atoms with van der Waals surface area (Å²) in [7, 11) is 1.68. The molecule has 0 amide bonds. The molecule has 0 fully saturated rings. The van der Waals surface area contributed by atoms with Gasteiger partial charge in [-0.25, -0.2) is 0 Å². The molecule has 0 bridgehead atoms. The van der Waals surface area contributed by atoms with Crippen LogP contribution in [0.2, 0.25) is 0 Å². The molecule has 1 aliphatic rings. The molecule has 2 nitrogen and oxygen atoms in total. The molecule has 1 unspecified atom stereocenters. The predicted octanol–water partition coefficient (Wildman–Crippen LogP) is 3.92. The summed E-state index contributed by atoms with van der Waals surface area (Å²) in [5.41, 5.74) is 1.36. The maximum atomic E-state index is 5.62. The predicted molar refractivity (Wildman–Crippen MR) is 69.9 cm³/mol. The van der Waals surface area contributed by atoms with Gasteiger partial charge in [-0.3, -0.25) is 0 Å². The Hall–Kier alpha value is -1.44. The Labute approximate surface area is 103 Å². The Balaban J connectivity index is 2.23. The summed E-state index contributed by atoms with van der Waals surface area (Å²) in [6, 6.07) is 6.30. The first-order valence-corrected chi connectivity index (χ1v) is 6.31. The van der Waals surface area contributed by atoms with Crippen molar-refractivity contribution in [3.63, 3.8) is 0 Å². The van der Waals surface area contributed by atoms with Gasteiger partial charge in [0.1, 0.15) is 0 Å². The van der Waals surface area contributed by atoms with E-state index in [-0.39, 0.29) is 0 Å². The average molecular weight is 232 g/mol. The summed E-state index contributed by atoms with van der Waals surface area (Å²) in [6.45, 7) is 2.67. The van der Waals surface area contributed by atoms with Gasteiger partial charge in [0, 0.05) is 0 Å². The molecular formula is C15H20O2. The van der Waals surface area contributed by atoms with Crippen LogP contribution in [-0.4, -0.2) is 13.7 Å². The van der Waals surface area contributed by atoms with Crippen LogP contribution in [0.1, 0.15) is 37.7 Å². The van der Waals surface area contributed by atoms with Crippen molar-refractivity contribution in [2.24, 2.45) is 0 Å². The van der Waals surface area contributed by atoms with Gasteiger partial charge < -0.3 is 9.47 Å². The van der Waals surface area contributed by atoms with Gasteiger partial charge in [-0.2, -0.15) is 0 Å². The number of hydrogen-bond donors (Lipinski definition) is 0. The number of benzene rings is 1. The Morgan fingerprint density at radius 2 is 2.12 bits per heavy atom. The molecule has 0 saturated heterocycles. The normalized spacial score (nSPS) is 19.1. The third kappa shape index (κ3) is 2.82. The number of rotatable bonds is 4. The van der Waals surface area contributed by atoms with E-state index in [9.17, 15) is 0 Å². The van der Waals surface area contributed by atoms with Crippen LogP contribution in [0.15, 0.2) is 30.4 Å². The summed E-state index contributed by atoms with van der Waals surface area (Å²) in [5.74, 6) is 2.31. The lowest BCUT2D eigenvalue weighted by molar-refractivity contribution is 0.310. The molecule has 0 N–H and O–H groups in total. The van der Waals surface area contributed by atoms with Gasteiger partial charge in [0.2, 0.25) is 0 Å². The van der Waals surface area contributed by atoms with Crippen LogP contribution in [0.5, 0.6) is 11.5 Å². The molecule has 1 aromatic rings. The Morgan fingerprint density at radius 3 is 2.76 bits per heavy atom. The topological polar surface area (TPSA) is 18.5 Å². The highest BCUT2D eigenvalue weighted by Crippen LogP contribution is 2.35. The zero-order chi connectivity index (χ0) is 12.1. The average Bonchev–Trinajstić information content (AvgIpc) is 2.40. The van der Waals surface area contributed by atoms with E-state index < -0.39 is 0 Å². The van der Waals surface area contributed by atoms with Gasteiger partial charge in [-0.05, 0) is 49.8 Å². The first-order valence-electron chi connectivity index (χ1n) is 6.31. The fourth-order valence-corrected chi connectivity index (χ4v) is 2.31. The molecule has 1 aliphatic carbocycles. The highest BCUT2D eigenvalue weighted by molar-refractivity contribution is 5.44. The lowest BCUT2D eigenvalue weighted by Crippen LogP contribution is -2.02. The van der Waals surface area contributed by atoms with E-state index in [0.717, 1.165) is 17.9 Å². The van der Waals surface area contributed by atoms with E-state index in [4.69, 9.17) is 9.47 Å². The van der Waals surface area contributed by atoms with Gasteiger partial charge in [0.15, 0.2) is 11.5 Å². The van der Waals surface area contributed by atoms with Gasteiger partial charge in [0.05, 0.1) is 13.7 Å². The number of methoxy groups -OCH3 is 1. The molecule has 0 spiro atoms. The smallest absolute Gasteiger partial charge is 0.161 e. The quantitative estimate of drug-likeness (QED) is 0.732. The summed E-state index contributed by atoms with van der Waals surface area (Å²) < 4.78 is 10.9. The molecule has 0 aliphatic heterocycles. The van der Waals surface area contributed by atoms with Crippen LogP contribution in [-0.2, 0) is 0 Å². The molecule has 2 heteroatoms. The van der Waals surface area contributed by atoms with Crippen LogP contribution >= 0.6 is 0 Å². The molecular weight excluding hydrogens is 212 g/mol. The standard InChI is InChI=1S/C15H20O2/c1-3-17-15-11-13(9-10-14(15)16-2)12-7-5-4-6-8-12/h4-5,9-12H,3,6-8H2,1-2H3. The van der Waals surface area contributed by atoms with Gasteiger partial charge in [-0.15, -0.1) is 0 Å². The van der Waals surface area contributed by atoms with E-state index in [1.165, 1.54) is 18.4 Å². The minimum Gasteiger partial charge on any atom is -0.493 e. The zero-order valence-electron chi connectivity index (χ0n) is 10.6. The Morgan fingerprint density at radius 1 is 1.24 bits per heavy atom.